The number of amides is 2. The Hall–Kier alpha value is -2.77. The molecular formula is C21H26ClN3O4. The molecule has 0 bridgehead atoms. The Morgan fingerprint density at radius 3 is 2.48 bits per heavy atom. The molecule has 0 heterocycles. The number of ether oxygens (including phenoxy) is 2. The van der Waals surface area contributed by atoms with E-state index in [0.29, 0.717) is 28.8 Å². The predicted octanol–water partition coefficient (Wildman–Crippen LogP) is 2.85. The number of nitrogens with zero attached hydrogens (tertiary/aromatic N) is 1. The second-order valence-electron chi connectivity index (χ2n) is 6.56. The molecule has 156 valence electrons. The molecular weight excluding hydrogens is 394 g/mol. The Labute approximate surface area is 175 Å². The highest BCUT2D eigenvalue weighted by Crippen LogP contribution is 2.31. The first-order valence-corrected chi connectivity index (χ1v) is 9.43. The number of halogens is 1. The molecule has 2 rings (SSSR count). The summed E-state index contributed by atoms with van der Waals surface area (Å²) in [6.45, 7) is 2.31. The van der Waals surface area contributed by atoms with Crippen molar-refractivity contribution >= 4 is 29.1 Å². The maximum atomic E-state index is 12.2. The summed E-state index contributed by atoms with van der Waals surface area (Å²) in [4.78, 5) is 26.1. The molecule has 2 aromatic rings. The third kappa shape index (κ3) is 6.37. The SMILES string of the molecule is COc1cccc(CN(C)CC(=O)NCC(=O)Nc2cccc(Cl)c2C)c1OC. The third-order valence-corrected chi connectivity index (χ3v) is 4.74. The van der Waals surface area contributed by atoms with Gasteiger partial charge in [0.25, 0.3) is 0 Å². The van der Waals surface area contributed by atoms with Gasteiger partial charge < -0.3 is 20.1 Å². The first-order chi connectivity index (χ1) is 13.8. The summed E-state index contributed by atoms with van der Waals surface area (Å²) < 4.78 is 10.7. The van der Waals surface area contributed by atoms with Crippen molar-refractivity contribution in [3.8, 4) is 11.5 Å². The van der Waals surface area contributed by atoms with Gasteiger partial charge in [0, 0.05) is 22.8 Å². The standard InChI is InChI=1S/C21H26ClN3O4/c1-14-16(22)8-6-9-17(14)24-19(26)11-23-20(27)13-25(2)12-15-7-5-10-18(28-3)21(15)29-4/h5-10H,11-13H2,1-4H3,(H,23,27)(H,24,26). The summed E-state index contributed by atoms with van der Waals surface area (Å²) >= 11 is 6.05. The molecule has 0 spiro atoms. The average molecular weight is 420 g/mol. The minimum atomic E-state index is -0.319. The van der Waals surface area contributed by atoms with Crippen molar-refractivity contribution in [2.24, 2.45) is 0 Å². The van der Waals surface area contributed by atoms with Crippen LogP contribution in [0, 0.1) is 6.92 Å². The van der Waals surface area contributed by atoms with Crippen molar-refractivity contribution in [1.82, 2.24) is 10.2 Å². The number of anilines is 1. The van der Waals surface area contributed by atoms with E-state index in [4.69, 9.17) is 21.1 Å². The molecule has 29 heavy (non-hydrogen) atoms. The Morgan fingerprint density at radius 2 is 1.79 bits per heavy atom. The summed E-state index contributed by atoms with van der Waals surface area (Å²) in [6.07, 6.45) is 0. The van der Waals surface area contributed by atoms with Crippen LogP contribution in [-0.4, -0.2) is 51.1 Å². The summed E-state index contributed by atoms with van der Waals surface area (Å²) in [5, 5.41) is 5.94. The summed E-state index contributed by atoms with van der Waals surface area (Å²) in [5.41, 5.74) is 2.30. The highest BCUT2D eigenvalue weighted by molar-refractivity contribution is 6.31. The lowest BCUT2D eigenvalue weighted by Crippen LogP contribution is -2.39. The van der Waals surface area contributed by atoms with Gasteiger partial charge in [0.2, 0.25) is 11.8 Å². The van der Waals surface area contributed by atoms with E-state index < -0.39 is 0 Å². The van der Waals surface area contributed by atoms with E-state index >= 15 is 0 Å². The molecule has 0 radical (unpaired) electrons. The second-order valence-corrected chi connectivity index (χ2v) is 6.97. The molecule has 7 nitrogen and oxygen atoms in total. The number of hydrogen-bond acceptors (Lipinski definition) is 5. The quantitative estimate of drug-likeness (QED) is 0.653. The van der Waals surface area contributed by atoms with E-state index in [1.54, 1.807) is 32.4 Å². The van der Waals surface area contributed by atoms with Crippen molar-refractivity contribution in [3.63, 3.8) is 0 Å². The molecule has 0 saturated carbocycles. The zero-order valence-electron chi connectivity index (χ0n) is 17.0. The van der Waals surface area contributed by atoms with Gasteiger partial charge in [-0.1, -0.05) is 29.8 Å². The molecule has 0 atom stereocenters. The van der Waals surface area contributed by atoms with Crippen LogP contribution in [0.4, 0.5) is 5.69 Å². The molecule has 2 aromatic carbocycles. The molecule has 0 unspecified atom stereocenters. The Kier molecular flexibility index (Phi) is 8.30. The molecule has 0 aromatic heterocycles. The van der Waals surface area contributed by atoms with Crippen molar-refractivity contribution < 1.29 is 19.1 Å². The smallest absolute Gasteiger partial charge is 0.243 e. The molecule has 0 fully saturated rings. The Balaban J connectivity index is 1.84. The van der Waals surface area contributed by atoms with Crippen LogP contribution in [0.1, 0.15) is 11.1 Å². The topological polar surface area (TPSA) is 79.9 Å². The van der Waals surface area contributed by atoms with Gasteiger partial charge in [0.15, 0.2) is 11.5 Å². The summed E-state index contributed by atoms with van der Waals surface area (Å²) in [7, 11) is 4.97. The maximum Gasteiger partial charge on any atom is 0.243 e. The average Bonchev–Trinajstić information content (AvgIpc) is 2.69. The predicted molar refractivity (Wildman–Crippen MR) is 114 cm³/mol. The Bertz CT molecular complexity index is 873. The number of carbonyl (C=O) groups excluding carboxylic acids is 2. The highest BCUT2D eigenvalue weighted by atomic mass is 35.5. The second kappa shape index (κ2) is 10.7. The lowest BCUT2D eigenvalue weighted by molar-refractivity contribution is -0.124. The molecule has 2 N–H and O–H groups in total. The van der Waals surface area contributed by atoms with Gasteiger partial charge in [-0.25, -0.2) is 0 Å². The van der Waals surface area contributed by atoms with Gasteiger partial charge in [0.1, 0.15) is 0 Å². The van der Waals surface area contributed by atoms with Crippen LogP contribution in [0.2, 0.25) is 5.02 Å². The fraction of sp³-hybridized carbons (Fsp3) is 0.333. The van der Waals surface area contributed by atoms with Crippen LogP contribution >= 0.6 is 11.6 Å². The van der Waals surface area contributed by atoms with Crippen LogP contribution in [0.5, 0.6) is 11.5 Å². The number of hydrogen-bond donors (Lipinski definition) is 2. The number of likely N-dealkylation sites (N-methyl/N-ethyl adjacent to an activating group) is 1. The summed E-state index contributed by atoms with van der Waals surface area (Å²) in [5.74, 6) is 0.697. The number of rotatable bonds is 9. The van der Waals surface area contributed by atoms with Gasteiger partial charge in [-0.2, -0.15) is 0 Å². The molecule has 2 amide bonds. The minimum Gasteiger partial charge on any atom is -0.493 e. The van der Waals surface area contributed by atoms with Crippen LogP contribution in [-0.2, 0) is 16.1 Å². The van der Waals surface area contributed by atoms with E-state index in [-0.39, 0.29) is 24.9 Å². The van der Waals surface area contributed by atoms with Crippen LogP contribution in [0.15, 0.2) is 36.4 Å². The number of nitrogens with one attached hydrogen (secondary N) is 2. The number of methoxy groups -OCH3 is 2. The fourth-order valence-electron chi connectivity index (χ4n) is 2.84. The fourth-order valence-corrected chi connectivity index (χ4v) is 3.02. The van der Waals surface area contributed by atoms with Gasteiger partial charge in [-0.05, 0) is 37.7 Å². The van der Waals surface area contributed by atoms with Gasteiger partial charge in [-0.15, -0.1) is 0 Å². The molecule has 0 saturated heterocycles. The summed E-state index contributed by atoms with van der Waals surface area (Å²) in [6, 6.07) is 10.9. The van der Waals surface area contributed by atoms with Crippen molar-refractivity contribution in [2.75, 3.05) is 39.7 Å². The van der Waals surface area contributed by atoms with Crippen LogP contribution in [0.3, 0.4) is 0 Å². The van der Waals surface area contributed by atoms with Crippen molar-refractivity contribution in [1.29, 1.82) is 0 Å². The minimum absolute atomic E-state index is 0.124. The van der Waals surface area contributed by atoms with Crippen LogP contribution < -0.4 is 20.1 Å². The number of para-hydroxylation sites is 1. The molecule has 0 aliphatic rings. The first kappa shape index (κ1) is 22.5. The van der Waals surface area contributed by atoms with E-state index in [1.807, 2.05) is 37.1 Å². The van der Waals surface area contributed by atoms with Gasteiger partial charge >= 0.3 is 0 Å². The normalized spacial score (nSPS) is 10.6. The third-order valence-electron chi connectivity index (χ3n) is 4.33. The zero-order chi connectivity index (χ0) is 21.4. The number of benzene rings is 2. The lowest BCUT2D eigenvalue weighted by atomic mass is 10.1. The molecule has 8 heteroatoms. The van der Waals surface area contributed by atoms with E-state index in [1.165, 1.54) is 0 Å². The zero-order valence-corrected chi connectivity index (χ0v) is 17.8. The highest BCUT2D eigenvalue weighted by Gasteiger charge is 2.14. The van der Waals surface area contributed by atoms with Crippen molar-refractivity contribution in [2.45, 2.75) is 13.5 Å². The van der Waals surface area contributed by atoms with E-state index in [2.05, 4.69) is 10.6 Å². The van der Waals surface area contributed by atoms with Gasteiger partial charge in [-0.3, -0.25) is 14.5 Å². The van der Waals surface area contributed by atoms with Crippen LogP contribution in [0.25, 0.3) is 0 Å². The maximum absolute atomic E-state index is 12.2. The molecule has 0 aliphatic heterocycles. The van der Waals surface area contributed by atoms with E-state index in [9.17, 15) is 9.59 Å². The lowest BCUT2D eigenvalue weighted by Gasteiger charge is -2.19. The monoisotopic (exact) mass is 419 g/mol. The number of carbonyl (C=O) groups is 2. The Morgan fingerprint density at radius 1 is 1.07 bits per heavy atom. The molecule has 0 aliphatic carbocycles. The van der Waals surface area contributed by atoms with E-state index in [0.717, 1.165) is 11.1 Å². The first-order valence-electron chi connectivity index (χ1n) is 9.05. The van der Waals surface area contributed by atoms with Gasteiger partial charge in [0.05, 0.1) is 27.3 Å². The largest absolute Gasteiger partial charge is 0.493 e. The van der Waals surface area contributed by atoms with Crippen molar-refractivity contribution in [3.05, 3.63) is 52.5 Å².